The first-order valence-corrected chi connectivity index (χ1v) is 8.17. The van der Waals surface area contributed by atoms with E-state index in [9.17, 15) is 9.59 Å². The fourth-order valence-corrected chi connectivity index (χ4v) is 2.79. The Balaban J connectivity index is 1.68. The number of nitrogens with zero attached hydrogens (tertiary/aromatic N) is 1. The second kappa shape index (κ2) is 7.81. The van der Waals surface area contributed by atoms with Gasteiger partial charge in [-0.2, -0.15) is 0 Å². The van der Waals surface area contributed by atoms with Crippen molar-refractivity contribution in [2.75, 3.05) is 31.2 Å². The highest BCUT2D eigenvalue weighted by Crippen LogP contribution is 2.21. The van der Waals surface area contributed by atoms with E-state index in [0.29, 0.717) is 25.3 Å². The van der Waals surface area contributed by atoms with Gasteiger partial charge in [0.05, 0.1) is 24.3 Å². The van der Waals surface area contributed by atoms with Gasteiger partial charge in [-0.25, -0.2) is 4.79 Å². The van der Waals surface area contributed by atoms with Crippen LogP contribution in [0.15, 0.2) is 48.5 Å². The zero-order valence-electron chi connectivity index (χ0n) is 13.8. The lowest BCUT2D eigenvalue weighted by Crippen LogP contribution is -2.37. The van der Waals surface area contributed by atoms with E-state index in [0.717, 1.165) is 24.3 Å². The number of nitrogens with one attached hydrogen (secondary N) is 1. The van der Waals surface area contributed by atoms with Crippen molar-refractivity contribution in [3.8, 4) is 0 Å². The van der Waals surface area contributed by atoms with Gasteiger partial charge < -0.3 is 20.1 Å². The quantitative estimate of drug-likeness (QED) is 0.872. The van der Waals surface area contributed by atoms with Crippen molar-refractivity contribution >= 4 is 17.6 Å². The SMILES string of the molecule is O=C(O)c1ccc(CNC(=O)c2ccccc2N2CCOCC2)cc1. The number of anilines is 1. The van der Waals surface area contributed by atoms with Crippen LogP contribution in [0.4, 0.5) is 5.69 Å². The summed E-state index contributed by atoms with van der Waals surface area (Å²) in [5, 5.41) is 11.8. The molecule has 25 heavy (non-hydrogen) atoms. The smallest absolute Gasteiger partial charge is 0.335 e. The van der Waals surface area contributed by atoms with Crippen molar-refractivity contribution in [2.24, 2.45) is 0 Å². The normalized spacial score (nSPS) is 14.2. The lowest BCUT2D eigenvalue weighted by molar-refractivity contribution is 0.0696. The largest absolute Gasteiger partial charge is 0.478 e. The molecule has 130 valence electrons. The van der Waals surface area contributed by atoms with Crippen LogP contribution in [0.2, 0.25) is 0 Å². The van der Waals surface area contributed by atoms with Gasteiger partial charge >= 0.3 is 5.97 Å². The molecule has 1 saturated heterocycles. The first-order valence-electron chi connectivity index (χ1n) is 8.17. The lowest BCUT2D eigenvalue weighted by Gasteiger charge is -2.30. The number of carbonyl (C=O) groups excluding carboxylic acids is 1. The average Bonchev–Trinajstić information content (AvgIpc) is 2.67. The number of amides is 1. The summed E-state index contributed by atoms with van der Waals surface area (Å²) in [6.45, 7) is 3.19. The van der Waals surface area contributed by atoms with Crippen LogP contribution in [0.25, 0.3) is 0 Å². The third-order valence-electron chi connectivity index (χ3n) is 4.15. The molecule has 1 aliphatic heterocycles. The Morgan fingerprint density at radius 3 is 2.40 bits per heavy atom. The van der Waals surface area contributed by atoms with Gasteiger partial charge in [-0.1, -0.05) is 24.3 Å². The summed E-state index contributed by atoms with van der Waals surface area (Å²) in [6, 6.07) is 14.0. The van der Waals surface area contributed by atoms with Crippen LogP contribution < -0.4 is 10.2 Å². The Bertz CT molecular complexity index is 752. The molecular formula is C19H20N2O4. The molecular weight excluding hydrogens is 320 g/mol. The zero-order chi connectivity index (χ0) is 17.6. The third kappa shape index (κ3) is 4.16. The summed E-state index contributed by atoms with van der Waals surface area (Å²) < 4.78 is 5.37. The molecule has 0 unspecified atom stereocenters. The Hall–Kier alpha value is -2.86. The number of hydrogen-bond donors (Lipinski definition) is 2. The minimum atomic E-state index is -0.963. The maximum Gasteiger partial charge on any atom is 0.335 e. The van der Waals surface area contributed by atoms with Crippen molar-refractivity contribution in [2.45, 2.75) is 6.54 Å². The molecule has 2 aromatic rings. The van der Waals surface area contributed by atoms with Gasteiger partial charge in [0.1, 0.15) is 0 Å². The Morgan fingerprint density at radius 2 is 1.72 bits per heavy atom. The number of carboxylic acids is 1. The van der Waals surface area contributed by atoms with Gasteiger partial charge in [0.15, 0.2) is 0 Å². The molecule has 0 aliphatic carbocycles. The van der Waals surface area contributed by atoms with E-state index >= 15 is 0 Å². The van der Waals surface area contributed by atoms with E-state index in [4.69, 9.17) is 9.84 Å². The fourth-order valence-electron chi connectivity index (χ4n) is 2.79. The maximum absolute atomic E-state index is 12.6. The molecule has 0 atom stereocenters. The van der Waals surface area contributed by atoms with Crippen LogP contribution in [0.5, 0.6) is 0 Å². The minimum Gasteiger partial charge on any atom is -0.478 e. The van der Waals surface area contributed by atoms with Gasteiger partial charge in [0.25, 0.3) is 5.91 Å². The summed E-state index contributed by atoms with van der Waals surface area (Å²) in [7, 11) is 0. The molecule has 0 saturated carbocycles. The highest BCUT2D eigenvalue weighted by molar-refractivity contribution is 5.99. The summed E-state index contributed by atoms with van der Waals surface area (Å²) in [6.07, 6.45) is 0. The molecule has 6 nitrogen and oxygen atoms in total. The number of aromatic carboxylic acids is 1. The molecule has 1 amide bonds. The molecule has 2 aromatic carbocycles. The van der Waals surface area contributed by atoms with Crippen molar-refractivity contribution in [1.29, 1.82) is 0 Å². The van der Waals surface area contributed by atoms with E-state index in [2.05, 4.69) is 10.2 Å². The predicted molar refractivity (Wildman–Crippen MR) is 94.0 cm³/mol. The monoisotopic (exact) mass is 340 g/mol. The minimum absolute atomic E-state index is 0.149. The van der Waals surface area contributed by atoms with Crippen LogP contribution in [-0.2, 0) is 11.3 Å². The highest BCUT2D eigenvalue weighted by Gasteiger charge is 2.18. The van der Waals surface area contributed by atoms with Crippen molar-refractivity contribution < 1.29 is 19.4 Å². The van der Waals surface area contributed by atoms with Gasteiger partial charge in [-0.05, 0) is 29.8 Å². The number of para-hydroxylation sites is 1. The van der Waals surface area contributed by atoms with Crippen molar-refractivity contribution in [3.63, 3.8) is 0 Å². The maximum atomic E-state index is 12.6. The summed E-state index contributed by atoms with van der Waals surface area (Å²) >= 11 is 0. The third-order valence-corrected chi connectivity index (χ3v) is 4.15. The predicted octanol–water partition coefficient (Wildman–Crippen LogP) is 2.15. The van der Waals surface area contributed by atoms with Gasteiger partial charge in [0, 0.05) is 25.3 Å². The molecule has 1 fully saturated rings. The molecule has 3 rings (SSSR count). The number of ether oxygens (including phenoxy) is 1. The molecule has 6 heteroatoms. The van der Waals surface area contributed by atoms with E-state index in [-0.39, 0.29) is 11.5 Å². The first-order chi connectivity index (χ1) is 12.1. The van der Waals surface area contributed by atoms with Crippen molar-refractivity contribution in [1.82, 2.24) is 5.32 Å². The number of carbonyl (C=O) groups is 2. The molecule has 1 heterocycles. The number of hydrogen-bond acceptors (Lipinski definition) is 4. The summed E-state index contributed by atoms with van der Waals surface area (Å²) in [5.74, 6) is -1.11. The summed E-state index contributed by atoms with van der Waals surface area (Å²) in [4.78, 5) is 25.6. The average molecular weight is 340 g/mol. The second-order valence-electron chi connectivity index (χ2n) is 5.80. The van der Waals surface area contributed by atoms with Gasteiger partial charge in [0.2, 0.25) is 0 Å². The zero-order valence-corrected chi connectivity index (χ0v) is 13.8. The summed E-state index contributed by atoms with van der Waals surface area (Å²) in [5.41, 5.74) is 2.62. The fraction of sp³-hybridized carbons (Fsp3) is 0.263. The number of morpholine rings is 1. The van der Waals surface area contributed by atoms with E-state index in [1.54, 1.807) is 12.1 Å². The Kier molecular flexibility index (Phi) is 5.30. The van der Waals surface area contributed by atoms with Crippen molar-refractivity contribution in [3.05, 3.63) is 65.2 Å². The number of benzene rings is 2. The van der Waals surface area contributed by atoms with Crippen LogP contribution in [0, 0.1) is 0 Å². The van der Waals surface area contributed by atoms with Gasteiger partial charge in [-0.3, -0.25) is 4.79 Å². The number of carboxylic acid groups (broad SMARTS) is 1. The van der Waals surface area contributed by atoms with E-state index in [1.165, 1.54) is 12.1 Å². The molecule has 0 aromatic heterocycles. The standard InChI is InChI=1S/C19H20N2O4/c22-18(20-13-14-5-7-15(8-6-14)19(23)24)16-3-1-2-4-17(16)21-9-11-25-12-10-21/h1-8H,9-13H2,(H,20,22)(H,23,24). The van der Waals surface area contributed by atoms with E-state index < -0.39 is 5.97 Å². The second-order valence-corrected chi connectivity index (χ2v) is 5.80. The lowest BCUT2D eigenvalue weighted by atomic mass is 10.1. The Labute approximate surface area is 146 Å². The van der Waals surface area contributed by atoms with Crippen LogP contribution in [0.3, 0.4) is 0 Å². The molecule has 2 N–H and O–H groups in total. The first kappa shape index (κ1) is 17.0. The number of rotatable bonds is 5. The molecule has 0 spiro atoms. The van der Waals surface area contributed by atoms with E-state index in [1.807, 2.05) is 24.3 Å². The van der Waals surface area contributed by atoms with Crippen LogP contribution >= 0.6 is 0 Å². The Morgan fingerprint density at radius 1 is 1.04 bits per heavy atom. The molecule has 0 bridgehead atoms. The molecule has 1 aliphatic rings. The van der Waals surface area contributed by atoms with Gasteiger partial charge in [-0.15, -0.1) is 0 Å². The topological polar surface area (TPSA) is 78.9 Å². The van der Waals surface area contributed by atoms with Crippen LogP contribution in [0.1, 0.15) is 26.3 Å². The van der Waals surface area contributed by atoms with Crippen LogP contribution in [-0.4, -0.2) is 43.3 Å². The molecule has 0 radical (unpaired) electrons. The highest BCUT2D eigenvalue weighted by atomic mass is 16.5.